The van der Waals surface area contributed by atoms with Crippen molar-refractivity contribution in [1.82, 2.24) is 15.0 Å². The minimum absolute atomic E-state index is 0.00249. The highest BCUT2D eigenvalue weighted by Crippen LogP contribution is 2.46. The number of hydrogen-bond acceptors (Lipinski definition) is 6. The van der Waals surface area contributed by atoms with Crippen LogP contribution in [0.3, 0.4) is 0 Å². The summed E-state index contributed by atoms with van der Waals surface area (Å²) < 4.78 is 0. The molecule has 246 valence electrons. The molecule has 4 fully saturated rings. The standard InChI is InChI=1S/C36H70N4O2/c1-33(2)25-29(26-34(3,4)39(33)41-31-19-13-11-14-20-31)38(24-18-10-9-17-23-37)30-27-35(5,6)40(36(7,8)28-30)42-32-21-15-12-16-22-32/h29-32H,9-28,37H2,1-8H3. The molecule has 6 heteroatoms. The van der Waals surface area contributed by atoms with Gasteiger partial charge in [-0.3, -0.25) is 14.6 Å². The summed E-state index contributed by atoms with van der Waals surface area (Å²) in [6.45, 7) is 21.5. The Hall–Kier alpha value is -0.240. The van der Waals surface area contributed by atoms with E-state index in [2.05, 4.69) is 70.4 Å². The molecular weight excluding hydrogens is 520 g/mol. The van der Waals surface area contributed by atoms with Gasteiger partial charge < -0.3 is 5.73 Å². The Morgan fingerprint density at radius 3 is 1.26 bits per heavy atom. The van der Waals surface area contributed by atoms with E-state index in [0.29, 0.717) is 24.3 Å². The van der Waals surface area contributed by atoms with E-state index in [1.165, 1.54) is 90.0 Å². The summed E-state index contributed by atoms with van der Waals surface area (Å²) >= 11 is 0. The Balaban J connectivity index is 1.52. The molecule has 4 rings (SSSR count). The highest BCUT2D eigenvalue weighted by molar-refractivity contribution is 5.05. The van der Waals surface area contributed by atoms with E-state index < -0.39 is 0 Å². The van der Waals surface area contributed by atoms with Gasteiger partial charge in [-0.15, -0.1) is 0 Å². The first-order chi connectivity index (χ1) is 19.7. The third kappa shape index (κ3) is 8.72. The summed E-state index contributed by atoms with van der Waals surface area (Å²) in [5, 5.41) is 4.89. The van der Waals surface area contributed by atoms with Crippen LogP contribution in [0.5, 0.6) is 0 Å². The largest absolute Gasteiger partial charge is 0.330 e. The smallest absolute Gasteiger partial charge is 0.0793 e. The fourth-order valence-electron chi connectivity index (χ4n) is 9.56. The summed E-state index contributed by atoms with van der Waals surface area (Å²) in [5.41, 5.74) is 5.83. The van der Waals surface area contributed by atoms with Crippen LogP contribution in [-0.2, 0) is 9.68 Å². The zero-order valence-electron chi connectivity index (χ0n) is 29.2. The molecule has 0 aromatic heterocycles. The maximum absolute atomic E-state index is 6.89. The lowest BCUT2D eigenvalue weighted by molar-refractivity contribution is -0.323. The van der Waals surface area contributed by atoms with Gasteiger partial charge in [-0.2, -0.15) is 10.1 Å². The number of nitrogens with two attached hydrogens (primary N) is 1. The van der Waals surface area contributed by atoms with Crippen molar-refractivity contribution < 1.29 is 9.68 Å². The lowest BCUT2D eigenvalue weighted by Gasteiger charge is -2.60. The Bertz CT molecular complexity index is 719. The Labute approximate surface area is 260 Å². The fourth-order valence-corrected chi connectivity index (χ4v) is 9.56. The fraction of sp³-hybridized carbons (Fsp3) is 1.00. The third-order valence-corrected chi connectivity index (χ3v) is 11.1. The average Bonchev–Trinajstić information content (AvgIpc) is 2.91. The molecule has 2 saturated carbocycles. The Morgan fingerprint density at radius 2 is 0.905 bits per heavy atom. The van der Waals surface area contributed by atoms with Crippen LogP contribution in [0.4, 0.5) is 0 Å². The number of nitrogens with zero attached hydrogens (tertiary/aromatic N) is 3. The zero-order valence-corrected chi connectivity index (χ0v) is 29.2. The minimum Gasteiger partial charge on any atom is -0.330 e. The maximum Gasteiger partial charge on any atom is 0.0793 e. The third-order valence-electron chi connectivity index (χ3n) is 11.1. The zero-order chi connectivity index (χ0) is 30.6. The summed E-state index contributed by atoms with van der Waals surface area (Å²) in [6, 6.07) is 1.11. The number of piperidine rings is 2. The van der Waals surface area contributed by atoms with Gasteiger partial charge >= 0.3 is 0 Å². The Kier molecular flexibility index (Phi) is 11.9. The van der Waals surface area contributed by atoms with E-state index in [-0.39, 0.29) is 22.2 Å². The monoisotopic (exact) mass is 591 g/mol. The van der Waals surface area contributed by atoms with Crippen LogP contribution >= 0.6 is 0 Å². The van der Waals surface area contributed by atoms with Gasteiger partial charge in [0, 0.05) is 34.2 Å². The van der Waals surface area contributed by atoms with Gasteiger partial charge in [-0.1, -0.05) is 51.4 Å². The molecule has 2 saturated heterocycles. The maximum atomic E-state index is 6.89. The SMILES string of the molecule is CC1(C)CC(N(CCCCCCN)C2CC(C)(C)N(OC3CCCCC3)C(C)(C)C2)CC(C)(C)N1OC1CCCCC1. The molecule has 0 radical (unpaired) electrons. The molecule has 2 N–H and O–H groups in total. The normalized spacial score (nSPS) is 28.4. The molecule has 6 nitrogen and oxygen atoms in total. The second-order valence-corrected chi connectivity index (χ2v) is 17.1. The molecule has 0 aromatic rings. The van der Waals surface area contributed by atoms with E-state index in [4.69, 9.17) is 15.4 Å². The molecule has 42 heavy (non-hydrogen) atoms. The van der Waals surface area contributed by atoms with Crippen LogP contribution in [-0.4, -0.2) is 74.6 Å². The van der Waals surface area contributed by atoms with Crippen molar-refractivity contribution in [3.63, 3.8) is 0 Å². The highest BCUT2D eigenvalue weighted by atomic mass is 16.7. The lowest BCUT2D eigenvalue weighted by atomic mass is 9.74. The molecule has 0 bridgehead atoms. The van der Waals surface area contributed by atoms with Crippen LogP contribution in [0.1, 0.15) is 171 Å². The van der Waals surface area contributed by atoms with Crippen LogP contribution < -0.4 is 5.73 Å². The predicted molar refractivity (Wildman–Crippen MR) is 176 cm³/mol. The van der Waals surface area contributed by atoms with Crippen molar-refractivity contribution in [2.45, 2.75) is 217 Å². The van der Waals surface area contributed by atoms with Gasteiger partial charge in [0.1, 0.15) is 0 Å². The van der Waals surface area contributed by atoms with E-state index in [1.54, 1.807) is 0 Å². The quantitative estimate of drug-likeness (QED) is 0.230. The molecule has 2 heterocycles. The molecule has 0 spiro atoms. The minimum atomic E-state index is -0.00249. The molecule has 0 aromatic carbocycles. The molecule has 2 aliphatic heterocycles. The molecular formula is C36H70N4O2. The Morgan fingerprint density at radius 1 is 0.548 bits per heavy atom. The highest BCUT2D eigenvalue weighted by Gasteiger charge is 2.53. The van der Waals surface area contributed by atoms with Crippen LogP contribution in [0.15, 0.2) is 0 Å². The van der Waals surface area contributed by atoms with E-state index in [0.717, 1.165) is 38.6 Å². The number of rotatable bonds is 12. The summed E-state index contributed by atoms with van der Waals surface area (Å²) in [6.07, 6.45) is 23.2. The molecule has 4 aliphatic rings. The van der Waals surface area contributed by atoms with Gasteiger partial charge in [0.15, 0.2) is 0 Å². The van der Waals surface area contributed by atoms with E-state index in [9.17, 15) is 0 Å². The van der Waals surface area contributed by atoms with Gasteiger partial charge in [0.25, 0.3) is 0 Å². The number of hydroxylamine groups is 4. The first kappa shape index (κ1) is 34.6. The van der Waals surface area contributed by atoms with Crippen LogP contribution in [0.25, 0.3) is 0 Å². The number of unbranched alkanes of at least 4 members (excludes halogenated alkanes) is 3. The van der Waals surface area contributed by atoms with Crippen molar-refractivity contribution in [2.24, 2.45) is 5.73 Å². The van der Waals surface area contributed by atoms with Gasteiger partial charge in [0.2, 0.25) is 0 Å². The summed E-state index contributed by atoms with van der Waals surface area (Å²) in [4.78, 5) is 16.8. The van der Waals surface area contributed by atoms with Gasteiger partial charge in [-0.05, 0) is 133 Å². The van der Waals surface area contributed by atoms with Crippen molar-refractivity contribution in [3.05, 3.63) is 0 Å². The van der Waals surface area contributed by atoms with E-state index in [1.807, 2.05) is 0 Å². The summed E-state index contributed by atoms with van der Waals surface area (Å²) in [5.74, 6) is 0. The lowest BCUT2D eigenvalue weighted by Crippen LogP contribution is -2.68. The van der Waals surface area contributed by atoms with Gasteiger partial charge in [-0.25, -0.2) is 0 Å². The van der Waals surface area contributed by atoms with Gasteiger partial charge in [0.05, 0.1) is 12.2 Å². The predicted octanol–water partition coefficient (Wildman–Crippen LogP) is 8.38. The first-order valence-corrected chi connectivity index (χ1v) is 18.2. The van der Waals surface area contributed by atoms with Crippen molar-refractivity contribution in [2.75, 3.05) is 13.1 Å². The second kappa shape index (κ2) is 14.5. The summed E-state index contributed by atoms with van der Waals surface area (Å²) in [7, 11) is 0. The molecule has 0 atom stereocenters. The van der Waals surface area contributed by atoms with Crippen molar-refractivity contribution in [1.29, 1.82) is 0 Å². The second-order valence-electron chi connectivity index (χ2n) is 17.1. The number of hydrogen-bond donors (Lipinski definition) is 1. The van der Waals surface area contributed by atoms with Crippen LogP contribution in [0.2, 0.25) is 0 Å². The van der Waals surface area contributed by atoms with Crippen molar-refractivity contribution in [3.8, 4) is 0 Å². The topological polar surface area (TPSA) is 54.2 Å². The first-order valence-electron chi connectivity index (χ1n) is 18.2. The molecule has 0 unspecified atom stereocenters. The van der Waals surface area contributed by atoms with E-state index >= 15 is 0 Å². The average molecular weight is 591 g/mol. The van der Waals surface area contributed by atoms with Crippen LogP contribution in [0, 0.1) is 0 Å². The van der Waals surface area contributed by atoms with Crippen molar-refractivity contribution >= 4 is 0 Å². The molecule has 2 aliphatic carbocycles. The molecule has 0 amide bonds.